The van der Waals surface area contributed by atoms with Gasteiger partial charge in [0.25, 0.3) is 0 Å². The SMILES string of the molecule is COc1ccc(OCCOC(=O)CCC(=O)c2ccc3c(c2)OCCO3)cc1. The van der Waals surface area contributed by atoms with Crippen molar-refractivity contribution in [3.05, 3.63) is 48.0 Å². The number of rotatable bonds is 9. The van der Waals surface area contributed by atoms with Crippen molar-refractivity contribution in [3.63, 3.8) is 0 Å². The number of methoxy groups -OCH3 is 1. The van der Waals surface area contributed by atoms with E-state index in [1.54, 1.807) is 49.6 Å². The van der Waals surface area contributed by atoms with E-state index in [9.17, 15) is 9.59 Å². The van der Waals surface area contributed by atoms with Crippen molar-refractivity contribution in [2.24, 2.45) is 0 Å². The highest BCUT2D eigenvalue weighted by atomic mass is 16.6. The molecule has 7 heteroatoms. The predicted octanol–water partition coefficient (Wildman–Crippen LogP) is 3.05. The topological polar surface area (TPSA) is 80.3 Å². The number of benzene rings is 2. The summed E-state index contributed by atoms with van der Waals surface area (Å²) < 4.78 is 26.5. The smallest absolute Gasteiger partial charge is 0.306 e. The molecule has 0 unspecified atom stereocenters. The summed E-state index contributed by atoms with van der Waals surface area (Å²) in [5, 5.41) is 0. The van der Waals surface area contributed by atoms with Crippen molar-refractivity contribution in [2.45, 2.75) is 12.8 Å². The van der Waals surface area contributed by atoms with Gasteiger partial charge in [0, 0.05) is 12.0 Å². The first kappa shape index (κ1) is 19.5. The predicted molar refractivity (Wildman–Crippen MR) is 100 cm³/mol. The van der Waals surface area contributed by atoms with E-state index in [0.29, 0.717) is 36.0 Å². The number of carbonyl (C=O) groups excluding carboxylic acids is 2. The summed E-state index contributed by atoms with van der Waals surface area (Å²) in [6.45, 7) is 1.29. The first-order chi connectivity index (χ1) is 13.7. The third-order valence-corrected chi connectivity index (χ3v) is 4.09. The Balaban J connectivity index is 1.36. The van der Waals surface area contributed by atoms with Gasteiger partial charge in [-0.3, -0.25) is 9.59 Å². The van der Waals surface area contributed by atoms with Crippen molar-refractivity contribution >= 4 is 11.8 Å². The number of hydrogen-bond donors (Lipinski definition) is 0. The van der Waals surface area contributed by atoms with Crippen LogP contribution in [0, 0.1) is 0 Å². The van der Waals surface area contributed by atoms with Gasteiger partial charge in [0.1, 0.15) is 37.9 Å². The minimum Gasteiger partial charge on any atom is -0.497 e. The molecule has 2 aromatic carbocycles. The van der Waals surface area contributed by atoms with Gasteiger partial charge in [-0.2, -0.15) is 0 Å². The van der Waals surface area contributed by atoms with E-state index in [1.165, 1.54) is 0 Å². The molecule has 28 heavy (non-hydrogen) atoms. The first-order valence-electron chi connectivity index (χ1n) is 9.01. The molecule has 0 saturated carbocycles. The zero-order chi connectivity index (χ0) is 19.8. The van der Waals surface area contributed by atoms with Gasteiger partial charge < -0.3 is 23.7 Å². The molecule has 1 aliphatic rings. The highest BCUT2D eigenvalue weighted by Crippen LogP contribution is 2.31. The van der Waals surface area contributed by atoms with Gasteiger partial charge in [0.05, 0.1) is 13.5 Å². The molecule has 0 radical (unpaired) electrons. The Morgan fingerprint density at radius 1 is 0.893 bits per heavy atom. The fourth-order valence-corrected chi connectivity index (χ4v) is 2.64. The second-order valence-corrected chi connectivity index (χ2v) is 6.03. The zero-order valence-electron chi connectivity index (χ0n) is 15.6. The molecule has 7 nitrogen and oxygen atoms in total. The number of carbonyl (C=O) groups is 2. The summed E-state index contributed by atoms with van der Waals surface area (Å²) >= 11 is 0. The van der Waals surface area contributed by atoms with Gasteiger partial charge in [-0.15, -0.1) is 0 Å². The van der Waals surface area contributed by atoms with Crippen LogP contribution in [-0.2, 0) is 9.53 Å². The summed E-state index contributed by atoms with van der Waals surface area (Å²) in [6, 6.07) is 12.1. The van der Waals surface area contributed by atoms with Crippen LogP contribution in [0.5, 0.6) is 23.0 Å². The van der Waals surface area contributed by atoms with Gasteiger partial charge in [-0.05, 0) is 42.5 Å². The highest BCUT2D eigenvalue weighted by Gasteiger charge is 2.16. The summed E-state index contributed by atoms with van der Waals surface area (Å²) in [4.78, 5) is 24.1. The van der Waals surface area contributed by atoms with Crippen molar-refractivity contribution in [2.75, 3.05) is 33.5 Å². The molecule has 0 spiro atoms. The normalized spacial score (nSPS) is 12.2. The third kappa shape index (κ3) is 5.39. The molecule has 0 atom stereocenters. The molecular weight excluding hydrogens is 364 g/mol. The van der Waals surface area contributed by atoms with E-state index in [4.69, 9.17) is 23.7 Å². The molecule has 0 aliphatic carbocycles. The molecule has 1 heterocycles. The van der Waals surface area contributed by atoms with E-state index < -0.39 is 5.97 Å². The summed E-state index contributed by atoms with van der Waals surface area (Å²) in [5.74, 6) is 1.98. The van der Waals surface area contributed by atoms with E-state index >= 15 is 0 Å². The van der Waals surface area contributed by atoms with Crippen LogP contribution in [0.4, 0.5) is 0 Å². The van der Waals surface area contributed by atoms with Gasteiger partial charge in [-0.25, -0.2) is 0 Å². The Hall–Kier alpha value is -3.22. The van der Waals surface area contributed by atoms with Crippen molar-refractivity contribution in [1.82, 2.24) is 0 Å². The second kappa shape index (κ2) is 9.64. The molecule has 2 aromatic rings. The number of hydrogen-bond acceptors (Lipinski definition) is 7. The number of Topliss-reactive ketones (excluding diaryl/α,β-unsaturated/α-hetero) is 1. The van der Waals surface area contributed by atoms with Crippen molar-refractivity contribution in [3.8, 4) is 23.0 Å². The summed E-state index contributed by atoms with van der Waals surface area (Å²) in [6.07, 6.45) is 0.0770. The standard InChI is InChI=1S/C21H22O7/c1-24-16-3-5-17(6-4-16)25-10-13-28-21(23)9-7-18(22)15-2-8-19-20(14-15)27-12-11-26-19/h2-6,8,14H,7,9-13H2,1H3. The lowest BCUT2D eigenvalue weighted by molar-refractivity contribution is -0.144. The molecule has 0 bridgehead atoms. The Kier molecular flexibility index (Phi) is 6.73. The van der Waals surface area contributed by atoms with Crippen LogP contribution >= 0.6 is 0 Å². The van der Waals surface area contributed by atoms with Crippen LogP contribution in [0.2, 0.25) is 0 Å². The quantitative estimate of drug-likeness (QED) is 0.372. The molecule has 0 fully saturated rings. The van der Waals surface area contributed by atoms with Crippen LogP contribution in [0.1, 0.15) is 23.2 Å². The lowest BCUT2D eigenvalue weighted by atomic mass is 10.1. The maximum absolute atomic E-state index is 12.3. The lowest BCUT2D eigenvalue weighted by Gasteiger charge is -2.18. The van der Waals surface area contributed by atoms with Crippen LogP contribution in [0.3, 0.4) is 0 Å². The van der Waals surface area contributed by atoms with Crippen molar-refractivity contribution in [1.29, 1.82) is 0 Å². The Bertz CT molecular complexity index is 814. The Morgan fingerprint density at radius 3 is 2.36 bits per heavy atom. The van der Waals surface area contributed by atoms with E-state index in [1.807, 2.05) is 0 Å². The number of esters is 1. The van der Waals surface area contributed by atoms with Gasteiger partial charge in [-0.1, -0.05) is 0 Å². The zero-order valence-corrected chi connectivity index (χ0v) is 15.6. The van der Waals surface area contributed by atoms with Gasteiger partial charge in [0.2, 0.25) is 0 Å². The molecule has 3 rings (SSSR count). The number of fused-ring (bicyclic) bond motifs is 1. The van der Waals surface area contributed by atoms with E-state index in [2.05, 4.69) is 0 Å². The molecule has 0 aromatic heterocycles. The van der Waals surface area contributed by atoms with E-state index in [0.717, 1.165) is 5.75 Å². The molecule has 0 N–H and O–H groups in total. The largest absolute Gasteiger partial charge is 0.497 e. The number of ketones is 1. The van der Waals surface area contributed by atoms with Crippen LogP contribution in [0.15, 0.2) is 42.5 Å². The summed E-state index contributed by atoms with van der Waals surface area (Å²) in [5.41, 5.74) is 0.486. The minimum atomic E-state index is -0.441. The second-order valence-electron chi connectivity index (χ2n) is 6.03. The maximum Gasteiger partial charge on any atom is 0.306 e. The fourth-order valence-electron chi connectivity index (χ4n) is 2.64. The molecule has 1 aliphatic heterocycles. The monoisotopic (exact) mass is 386 g/mol. The third-order valence-electron chi connectivity index (χ3n) is 4.09. The van der Waals surface area contributed by atoms with Gasteiger partial charge in [0.15, 0.2) is 17.3 Å². The van der Waals surface area contributed by atoms with Crippen LogP contribution in [0.25, 0.3) is 0 Å². The molecular formula is C21H22O7. The Labute approximate surface area is 163 Å². The van der Waals surface area contributed by atoms with Gasteiger partial charge >= 0.3 is 5.97 Å². The maximum atomic E-state index is 12.3. The Morgan fingerprint density at radius 2 is 1.61 bits per heavy atom. The average molecular weight is 386 g/mol. The summed E-state index contributed by atoms with van der Waals surface area (Å²) in [7, 11) is 1.59. The minimum absolute atomic E-state index is 0.00973. The number of ether oxygens (including phenoxy) is 5. The molecule has 148 valence electrons. The van der Waals surface area contributed by atoms with Crippen LogP contribution < -0.4 is 18.9 Å². The highest BCUT2D eigenvalue weighted by molar-refractivity contribution is 5.98. The fraction of sp³-hybridized carbons (Fsp3) is 0.333. The first-order valence-corrected chi connectivity index (χ1v) is 9.01. The van der Waals surface area contributed by atoms with Crippen LogP contribution in [-0.4, -0.2) is 45.3 Å². The van der Waals surface area contributed by atoms with Crippen molar-refractivity contribution < 1.29 is 33.3 Å². The van der Waals surface area contributed by atoms with E-state index in [-0.39, 0.29) is 31.8 Å². The average Bonchev–Trinajstić information content (AvgIpc) is 2.75. The lowest BCUT2D eigenvalue weighted by Crippen LogP contribution is -2.16. The molecule has 0 amide bonds. The molecule has 0 saturated heterocycles.